The quantitative estimate of drug-likeness (QED) is 0.260. The number of ether oxygens (including phenoxy) is 1. The Morgan fingerprint density at radius 2 is 1.96 bits per heavy atom. The molecule has 25 heavy (non-hydrogen) atoms. The predicted molar refractivity (Wildman–Crippen MR) is 117 cm³/mol. The minimum Gasteiger partial charge on any atom is -0.373 e. The molecule has 2 N–H and O–H groups in total. The molecule has 1 aliphatic rings. The molecule has 2 rings (SSSR count). The van der Waals surface area contributed by atoms with Crippen molar-refractivity contribution in [2.75, 3.05) is 26.7 Å². The Morgan fingerprint density at radius 1 is 1.16 bits per heavy atom. The molecule has 2 atom stereocenters. The average molecular weight is 459 g/mol. The van der Waals surface area contributed by atoms with Gasteiger partial charge in [-0.25, -0.2) is 0 Å². The second kappa shape index (κ2) is 13.4. The molecular formula is C20H34IN3O. The molecule has 5 heteroatoms. The van der Waals surface area contributed by atoms with E-state index < -0.39 is 0 Å². The fraction of sp³-hybridized carbons (Fsp3) is 0.650. The highest BCUT2D eigenvalue weighted by atomic mass is 127. The van der Waals surface area contributed by atoms with Crippen molar-refractivity contribution in [3.63, 3.8) is 0 Å². The SMILES string of the molecule is CCCCCCNC(=NC)NCC1CCCOC1c1ccccc1.I. The lowest BCUT2D eigenvalue weighted by Crippen LogP contribution is -2.42. The van der Waals surface area contributed by atoms with Crippen molar-refractivity contribution in [1.29, 1.82) is 0 Å². The number of nitrogens with one attached hydrogen (secondary N) is 2. The van der Waals surface area contributed by atoms with Crippen LogP contribution in [0, 0.1) is 5.92 Å². The molecular weight excluding hydrogens is 425 g/mol. The summed E-state index contributed by atoms with van der Waals surface area (Å²) >= 11 is 0. The number of benzene rings is 1. The van der Waals surface area contributed by atoms with E-state index in [1.807, 2.05) is 7.05 Å². The van der Waals surface area contributed by atoms with Crippen LogP contribution in [0.3, 0.4) is 0 Å². The number of hydrogen-bond acceptors (Lipinski definition) is 2. The first-order chi connectivity index (χ1) is 11.8. The first-order valence-corrected chi connectivity index (χ1v) is 9.46. The predicted octanol–water partition coefficient (Wildman–Crippen LogP) is 4.52. The third-order valence-corrected chi connectivity index (χ3v) is 4.65. The highest BCUT2D eigenvalue weighted by molar-refractivity contribution is 14.0. The number of nitrogens with zero attached hydrogens (tertiary/aromatic N) is 1. The van der Waals surface area contributed by atoms with E-state index in [1.165, 1.54) is 37.7 Å². The molecule has 0 aromatic heterocycles. The van der Waals surface area contributed by atoms with Crippen LogP contribution in [-0.4, -0.2) is 32.7 Å². The number of aliphatic imine (C=N–C) groups is 1. The molecule has 142 valence electrons. The van der Waals surface area contributed by atoms with Crippen molar-refractivity contribution in [1.82, 2.24) is 10.6 Å². The number of unbranched alkanes of at least 4 members (excludes halogenated alkanes) is 3. The third-order valence-electron chi connectivity index (χ3n) is 4.65. The molecule has 0 amide bonds. The summed E-state index contributed by atoms with van der Waals surface area (Å²) in [5.74, 6) is 1.39. The second-order valence-electron chi connectivity index (χ2n) is 6.54. The van der Waals surface area contributed by atoms with Gasteiger partial charge < -0.3 is 15.4 Å². The minimum atomic E-state index is 0. The molecule has 1 saturated heterocycles. The zero-order valence-electron chi connectivity index (χ0n) is 15.7. The summed E-state index contributed by atoms with van der Waals surface area (Å²) in [6.07, 6.45) is 7.59. The summed E-state index contributed by atoms with van der Waals surface area (Å²) in [6, 6.07) is 10.6. The van der Waals surface area contributed by atoms with Crippen LogP contribution in [-0.2, 0) is 4.74 Å². The fourth-order valence-corrected chi connectivity index (χ4v) is 3.27. The fourth-order valence-electron chi connectivity index (χ4n) is 3.27. The highest BCUT2D eigenvalue weighted by Crippen LogP contribution is 2.32. The summed E-state index contributed by atoms with van der Waals surface area (Å²) in [7, 11) is 1.84. The van der Waals surface area contributed by atoms with Crippen molar-refractivity contribution in [3.8, 4) is 0 Å². The van der Waals surface area contributed by atoms with Crippen molar-refractivity contribution in [2.24, 2.45) is 10.9 Å². The lowest BCUT2D eigenvalue weighted by Gasteiger charge is -2.32. The van der Waals surface area contributed by atoms with E-state index in [0.717, 1.165) is 32.1 Å². The summed E-state index contributed by atoms with van der Waals surface area (Å²) in [4.78, 5) is 4.34. The van der Waals surface area contributed by atoms with E-state index in [-0.39, 0.29) is 30.1 Å². The van der Waals surface area contributed by atoms with Gasteiger partial charge in [-0.1, -0.05) is 56.5 Å². The van der Waals surface area contributed by atoms with Crippen molar-refractivity contribution < 1.29 is 4.74 Å². The molecule has 0 radical (unpaired) electrons. The van der Waals surface area contributed by atoms with Crippen LogP contribution >= 0.6 is 24.0 Å². The van der Waals surface area contributed by atoms with Gasteiger partial charge in [-0.2, -0.15) is 0 Å². The molecule has 0 saturated carbocycles. The Hall–Kier alpha value is -0.820. The Kier molecular flexibility index (Phi) is 11.9. The first-order valence-electron chi connectivity index (χ1n) is 9.46. The van der Waals surface area contributed by atoms with Crippen molar-refractivity contribution >= 4 is 29.9 Å². The Bertz CT molecular complexity index is 481. The summed E-state index contributed by atoms with van der Waals surface area (Å²) in [5.41, 5.74) is 1.28. The smallest absolute Gasteiger partial charge is 0.190 e. The summed E-state index contributed by atoms with van der Waals surface area (Å²) in [5, 5.41) is 6.91. The van der Waals surface area contributed by atoms with Crippen LogP contribution in [0.2, 0.25) is 0 Å². The van der Waals surface area contributed by atoms with Crippen LogP contribution in [0.4, 0.5) is 0 Å². The van der Waals surface area contributed by atoms with E-state index in [4.69, 9.17) is 4.74 Å². The monoisotopic (exact) mass is 459 g/mol. The number of halogens is 1. The lowest BCUT2D eigenvalue weighted by atomic mass is 9.89. The van der Waals surface area contributed by atoms with Crippen LogP contribution < -0.4 is 10.6 Å². The molecule has 1 aromatic carbocycles. The molecule has 0 aliphatic carbocycles. The zero-order valence-corrected chi connectivity index (χ0v) is 18.0. The van der Waals surface area contributed by atoms with Gasteiger partial charge >= 0.3 is 0 Å². The van der Waals surface area contributed by atoms with Gasteiger partial charge in [0.05, 0.1) is 6.10 Å². The van der Waals surface area contributed by atoms with E-state index in [0.29, 0.717) is 5.92 Å². The van der Waals surface area contributed by atoms with Crippen LogP contribution in [0.15, 0.2) is 35.3 Å². The van der Waals surface area contributed by atoms with Gasteiger partial charge in [0.1, 0.15) is 0 Å². The van der Waals surface area contributed by atoms with E-state index in [2.05, 4.69) is 52.9 Å². The molecule has 1 aromatic rings. The molecule has 1 aliphatic heterocycles. The topological polar surface area (TPSA) is 45.7 Å². The van der Waals surface area contributed by atoms with Gasteiger partial charge in [0.25, 0.3) is 0 Å². The van der Waals surface area contributed by atoms with Crippen LogP contribution in [0.1, 0.15) is 57.1 Å². The maximum absolute atomic E-state index is 6.07. The van der Waals surface area contributed by atoms with Crippen LogP contribution in [0.25, 0.3) is 0 Å². The molecule has 1 heterocycles. The molecule has 4 nitrogen and oxygen atoms in total. The number of hydrogen-bond donors (Lipinski definition) is 2. The van der Waals surface area contributed by atoms with Gasteiger partial charge in [-0.3, -0.25) is 4.99 Å². The van der Waals surface area contributed by atoms with Gasteiger partial charge in [-0.05, 0) is 24.8 Å². The summed E-state index contributed by atoms with van der Waals surface area (Å²) < 4.78 is 6.07. The number of guanidine groups is 1. The first kappa shape index (κ1) is 22.2. The van der Waals surface area contributed by atoms with Crippen molar-refractivity contribution in [2.45, 2.75) is 51.6 Å². The van der Waals surface area contributed by atoms with Gasteiger partial charge in [0.2, 0.25) is 0 Å². The summed E-state index contributed by atoms with van der Waals surface area (Å²) in [6.45, 7) is 4.99. The molecule has 2 unspecified atom stereocenters. The van der Waals surface area contributed by atoms with Crippen molar-refractivity contribution in [3.05, 3.63) is 35.9 Å². The Balaban J connectivity index is 0.00000312. The van der Waals surface area contributed by atoms with Crippen LogP contribution in [0.5, 0.6) is 0 Å². The number of rotatable bonds is 8. The maximum atomic E-state index is 6.07. The van der Waals surface area contributed by atoms with Gasteiger partial charge in [0, 0.05) is 32.7 Å². The average Bonchev–Trinajstić information content (AvgIpc) is 2.65. The third kappa shape index (κ3) is 7.94. The Labute approximate surface area is 170 Å². The Morgan fingerprint density at radius 3 is 2.68 bits per heavy atom. The van der Waals surface area contributed by atoms with Gasteiger partial charge in [-0.15, -0.1) is 24.0 Å². The molecule has 1 fully saturated rings. The van der Waals surface area contributed by atoms with E-state index in [9.17, 15) is 0 Å². The maximum Gasteiger partial charge on any atom is 0.190 e. The lowest BCUT2D eigenvalue weighted by molar-refractivity contribution is -0.0265. The van der Waals surface area contributed by atoms with E-state index in [1.54, 1.807) is 0 Å². The highest BCUT2D eigenvalue weighted by Gasteiger charge is 2.27. The molecule has 0 bridgehead atoms. The minimum absolute atomic E-state index is 0. The van der Waals surface area contributed by atoms with E-state index >= 15 is 0 Å². The standard InChI is InChI=1S/C20H33N3O.HI/c1-3-4-5-9-14-22-20(21-2)23-16-18-13-10-15-24-19(18)17-11-7-6-8-12-17;/h6-8,11-12,18-19H,3-5,9-10,13-16H2,1-2H3,(H2,21,22,23);1H. The zero-order chi connectivity index (χ0) is 17.0. The second-order valence-corrected chi connectivity index (χ2v) is 6.54. The normalized spacial score (nSPS) is 20.6. The largest absolute Gasteiger partial charge is 0.373 e. The van der Waals surface area contributed by atoms with Gasteiger partial charge in [0.15, 0.2) is 5.96 Å². The molecule has 0 spiro atoms.